The van der Waals surface area contributed by atoms with Crippen molar-refractivity contribution in [1.29, 1.82) is 0 Å². The minimum Gasteiger partial charge on any atom is -0.508 e. The van der Waals surface area contributed by atoms with E-state index in [0.717, 1.165) is 133 Å². The minimum atomic E-state index is -0.367. The molecular weight excluding hydrogens is 1570 g/mol. The van der Waals surface area contributed by atoms with Gasteiger partial charge in [0.2, 0.25) is 0 Å². The lowest BCUT2D eigenvalue weighted by molar-refractivity contribution is -0.196. The van der Waals surface area contributed by atoms with Crippen molar-refractivity contribution in [2.45, 2.75) is 429 Å². The van der Waals surface area contributed by atoms with E-state index in [1.807, 2.05) is 171 Å². The molecule has 0 heterocycles. The van der Waals surface area contributed by atoms with Crippen LogP contribution in [0.3, 0.4) is 0 Å². The highest BCUT2D eigenvalue weighted by Crippen LogP contribution is 2.58. The van der Waals surface area contributed by atoms with Crippen LogP contribution in [0.4, 0.5) is 0 Å². The molecule has 1 aromatic rings. The minimum absolute atomic E-state index is 0.0197. The fraction of sp³-hybridized carbons (Fsp3) is 0.864. The highest BCUT2D eigenvalue weighted by atomic mass is 16.6. The molecule has 7 aliphatic rings. The van der Waals surface area contributed by atoms with E-state index in [4.69, 9.17) is 61.9 Å². The van der Waals surface area contributed by atoms with Crippen LogP contribution in [-0.2, 0) is 95.2 Å². The number of esters is 8. The summed E-state index contributed by atoms with van der Waals surface area (Å²) in [6.07, 6.45) is 32.5. The number of ether oxygens (including phenoxy) is 12. The summed E-state index contributed by atoms with van der Waals surface area (Å²) >= 11 is 0. The van der Waals surface area contributed by atoms with Gasteiger partial charge in [-0.2, -0.15) is 0 Å². The Morgan fingerprint density at radius 1 is 0.347 bits per heavy atom. The molecule has 1 aromatic carbocycles. The van der Waals surface area contributed by atoms with Crippen LogP contribution >= 0.6 is 0 Å². The molecule has 7 saturated carbocycles. The van der Waals surface area contributed by atoms with Crippen molar-refractivity contribution in [2.24, 2.45) is 67.0 Å². The number of aromatic hydroxyl groups is 1. The van der Waals surface area contributed by atoms with Gasteiger partial charge in [-0.05, 0) is 345 Å². The van der Waals surface area contributed by atoms with E-state index >= 15 is 0 Å². The lowest BCUT2D eigenvalue weighted by Crippen LogP contribution is -2.53. The fourth-order valence-corrected chi connectivity index (χ4v) is 14.4. The molecule has 0 spiro atoms. The van der Waals surface area contributed by atoms with E-state index in [-0.39, 0.29) is 113 Å². The number of phenols is 1. The van der Waals surface area contributed by atoms with Gasteiger partial charge < -0.3 is 61.9 Å². The molecule has 1 N–H and O–H groups in total. The Balaban J connectivity index is 0. The molecular formula is C103H188O21. The van der Waals surface area contributed by atoms with Crippen LogP contribution in [0.2, 0.25) is 0 Å². The predicted octanol–water partition coefficient (Wildman–Crippen LogP) is 25.0. The van der Waals surface area contributed by atoms with Crippen LogP contribution in [0.1, 0.15) is 412 Å². The van der Waals surface area contributed by atoms with Gasteiger partial charge >= 0.3 is 47.8 Å². The summed E-state index contributed by atoms with van der Waals surface area (Å²) in [7, 11) is 6.33. The second kappa shape index (κ2) is 58.3. The van der Waals surface area contributed by atoms with Gasteiger partial charge in [-0.3, -0.25) is 38.4 Å². The Labute approximate surface area is 756 Å². The van der Waals surface area contributed by atoms with Gasteiger partial charge in [-0.1, -0.05) is 114 Å². The number of hydrogen-bond acceptors (Lipinski definition) is 21. The van der Waals surface area contributed by atoms with Crippen LogP contribution in [-0.4, -0.2) is 157 Å². The largest absolute Gasteiger partial charge is 0.508 e. The standard InChI is InChI=1S/C16H26O2.C15H28O2.2C13H24O2.C10H14O.4C9H18O3/c1-4-15(2,3)14(17)18-16-8-11-5-12(9-16)7-13(6-11)10-16;1-6-14(2,3)13(16)17-15(4,5)12-10-8-7-9-11-12;2*1-5-12(3,4)11(14)15-13(6-2)9-7-8-10-13;1-3-8(2)9-4-6-10(11)7-5-9;4*1-5-9(2,3)8(10)12-7-6-11-4/h11-13H,4-10H2,1-3H3;12H,6-11H2,1-5H3;2*5-10H2,1-4H3;4-8,11H,3H2,1-2H3;4*5-7H2,1-4H3. The molecule has 8 rings (SSSR count). The summed E-state index contributed by atoms with van der Waals surface area (Å²) in [5, 5.41) is 9.01. The third kappa shape index (κ3) is 44.3. The van der Waals surface area contributed by atoms with Crippen LogP contribution in [0, 0.1) is 67.0 Å². The average Bonchev–Trinajstić information content (AvgIpc) is 0.856. The number of benzene rings is 1. The summed E-state index contributed by atoms with van der Waals surface area (Å²) in [4.78, 5) is 93.6. The molecule has 124 heavy (non-hydrogen) atoms. The first-order valence-corrected chi connectivity index (χ1v) is 47.9. The second-order valence-electron chi connectivity index (χ2n) is 41.4. The van der Waals surface area contributed by atoms with E-state index in [1.54, 1.807) is 40.6 Å². The van der Waals surface area contributed by atoms with Crippen LogP contribution < -0.4 is 0 Å². The van der Waals surface area contributed by atoms with Crippen molar-refractivity contribution in [3.05, 3.63) is 29.8 Å². The van der Waals surface area contributed by atoms with Crippen LogP contribution in [0.5, 0.6) is 5.75 Å². The topological polar surface area (TPSA) is 268 Å². The van der Waals surface area contributed by atoms with Gasteiger partial charge in [0.25, 0.3) is 0 Å². The summed E-state index contributed by atoms with van der Waals surface area (Å²) in [5.74, 6) is 3.34. The van der Waals surface area contributed by atoms with Crippen LogP contribution in [0.25, 0.3) is 0 Å². The normalized spacial score (nSPS) is 19.2. The molecule has 7 fully saturated rings. The SMILES string of the molecule is CCC(C)(C)C(=O)OC(C)(C)C1CCCCC1.CCC(C)(C)C(=O)OC12CC3CC(CC(C3)C1)C2.CCC(C)(C)C(=O)OCCOC.CCC(C)(C)C(=O)OCCOC.CCC(C)(C)C(=O)OCCOC.CCC(C)(C)C(=O)OCCOC.CCC(C)c1ccc(O)cc1.CCC1(OC(=O)C(C)(C)CC)CCCC1.CCC1(OC(=O)C(C)(C)CC)CCCC1. The van der Waals surface area contributed by atoms with Crippen molar-refractivity contribution >= 4 is 47.8 Å². The van der Waals surface area contributed by atoms with Gasteiger partial charge in [-0.15, -0.1) is 0 Å². The monoisotopic (exact) mass is 1760 g/mol. The summed E-state index contributed by atoms with van der Waals surface area (Å²) in [6, 6.07) is 7.43. The molecule has 21 heteroatoms. The third-order valence-electron chi connectivity index (χ3n) is 27.8. The number of carbonyl (C=O) groups is 8. The Hall–Kier alpha value is -5.38. The highest BCUT2D eigenvalue weighted by Gasteiger charge is 2.54. The molecule has 726 valence electrons. The van der Waals surface area contributed by atoms with Crippen molar-refractivity contribution in [3.63, 3.8) is 0 Å². The van der Waals surface area contributed by atoms with E-state index in [1.165, 1.54) is 82.6 Å². The lowest BCUT2D eigenvalue weighted by Gasteiger charge is -2.56. The molecule has 21 nitrogen and oxygen atoms in total. The number of phenolic OH excluding ortho intramolecular Hbond substituents is 1. The quantitative estimate of drug-likeness (QED) is 0.0368. The number of methoxy groups -OCH3 is 4. The molecule has 0 radical (unpaired) electrons. The molecule has 1 unspecified atom stereocenters. The lowest BCUT2D eigenvalue weighted by atomic mass is 9.54. The average molecular weight is 1760 g/mol. The maximum atomic E-state index is 12.4. The maximum Gasteiger partial charge on any atom is 0.312 e. The van der Waals surface area contributed by atoms with Gasteiger partial charge in [0, 0.05) is 28.4 Å². The number of carbonyl (C=O) groups excluding carboxylic acids is 8. The van der Waals surface area contributed by atoms with Crippen LogP contribution in [0.15, 0.2) is 24.3 Å². The van der Waals surface area contributed by atoms with Crippen molar-refractivity contribution in [2.75, 3.05) is 81.3 Å². The third-order valence-corrected chi connectivity index (χ3v) is 27.8. The smallest absolute Gasteiger partial charge is 0.312 e. The zero-order chi connectivity index (χ0) is 95.8. The molecule has 1 atom stereocenters. The second-order valence-corrected chi connectivity index (χ2v) is 41.4. The predicted molar refractivity (Wildman–Crippen MR) is 500 cm³/mol. The molecule has 7 aliphatic carbocycles. The van der Waals surface area contributed by atoms with E-state index in [9.17, 15) is 38.4 Å². The zero-order valence-corrected chi connectivity index (χ0v) is 85.7. The maximum absolute atomic E-state index is 12.4. The number of rotatable bonds is 37. The molecule has 0 saturated heterocycles. The van der Waals surface area contributed by atoms with Gasteiger partial charge in [0.1, 0.15) is 54.6 Å². The summed E-state index contributed by atoms with van der Waals surface area (Å²) in [6.45, 7) is 62.9. The Morgan fingerprint density at radius 2 is 0.597 bits per heavy atom. The Kier molecular flexibility index (Phi) is 56.7. The first kappa shape index (κ1) is 121. The number of hydrogen-bond donors (Lipinski definition) is 1. The Morgan fingerprint density at radius 3 is 0.839 bits per heavy atom. The van der Waals surface area contributed by atoms with E-state index in [0.29, 0.717) is 70.4 Å². The first-order chi connectivity index (χ1) is 57.5. The van der Waals surface area contributed by atoms with Crippen molar-refractivity contribution < 1.29 is 100 Å². The molecule has 0 aromatic heterocycles. The highest BCUT2D eigenvalue weighted by molar-refractivity contribution is 5.79. The molecule has 0 aliphatic heterocycles. The summed E-state index contributed by atoms with van der Waals surface area (Å²) < 4.78 is 62.3. The fourth-order valence-electron chi connectivity index (χ4n) is 14.4. The summed E-state index contributed by atoms with van der Waals surface area (Å²) in [5.41, 5.74) is -2.14. The zero-order valence-electron chi connectivity index (χ0n) is 85.7. The van der Waals surface area contributed by atoms with Gasteiger partial charge in [-0.25, -0.2) is 0 Å². The van der Waals surface area contributed by atoms with E-state index in [2.05, 4.69) is 48.5 Å². The molecule has 4 bridgehead atoms. The van der Waals surface area contributed by atoms with Crippen molar-refractivity contribution in [3.8, 4) is 5.75 Å². The first-order valence-electron chi connectivity index (χ1n) is 47.9. The van der Waals surface area contributed by atoms with Gasteiger partial charge in [0.15, 0.2) is 0 Å². The van der Waals surface area contributed by atoms with Gasteiger partial charge in [0.05, 0.1) is 69.7 Å². The van der Waals surface area contributed by atoms with E-state index < -0.39 is 0 Å². The molecule has 0 amide bonds. The van der Waals surface area contributed by atoms with Crippen molar-refractivity contribution in [1.82, 2.24) is 0 Å². The Bertz CT molecular complexity index is 2910.